The van der Waals surface area contributed by atoms with Crippen molar-refractivity contribution in [1.82, 2.24) is 5.32 Å². The number of carbonyl (C=O) groups is 1. The van der Waals surface area contributed by atoms with E-state index < -0.39 is 23.6 Å². The molecule has 0 saturated heterocycles. The molecule has 0 spiro atoms. The Kier molecular flexibility index (Phi) is 3.95. The maximum absolute atomic E-state index is 12.9. The van der Waals surface area contributed by atoms with Gasteiger partial charge in [-0.3, -0.25) is 10.1 Å². The van der Waals surface area contributed by atoms with Crippen LogP contribution >= 0.6 is 0 Å². The number of benzene rings is 1. The summed E-state index contributed by atoms with van der Waals surface area (Å²) in [4.78, 5) is 10.8. The van der Waals surface area contributed by atoms with E-state index in [-0.39, 0.29) is 6.04 Å². The Bertz CT molecular complexity index is 396. The summed E-state index contributed by atoms with van der Waals surface area (Å²) in [5.41, 5.74) is 5.64. The van der Waals surface area contributed by atoms with Gasteiger partial charge in [0.2, 0.25) is 5.91 Å². The lowest BCUT2D eigenvalue weighted by atomic mass is 10.1. The van der Waals surface area contributed by atoms with Crippen molar-refractivity contribution in [1.29, 1.82) is 0 Å². The highest BCUT2D eigenvalue weighted by Gasteiger charge is 2.14. The number of primary amides is 1. The summed E-state index contributed by atoms with van der Waals surface area (Å²) >= 11 is 0. The molecule has 0 bridgehead atoms. The van der Waals surface area contributed by atoms with Crippen LogP contribution in [-0.2, 0) is 4.79 Å². The fraction of sp³-hybridized carbons (Fsp3) is 0.364. The van der Waals surface area contributed by atoms with E-state index in [1.54, 1.807) is 13.8 Å². The summed E-state index contributed by atoms with van der Waals surface area (Å²) in [5.74, 6) is -2.29. The third-order valence-electron chi connectivity index (χ3n) is 2.37. The van der Waals surface area contributed by atoms with Crippen LogP contribution in [0.15, 0.2) is 18.2 Å². The zero-order valence-corrected chi connectivity index (χ0v) is 9.13. The van der Waals surface area contributed by atoms with Crippen LogP contribution in [-0.4, -0.2) is 11.9 Å². The fourth-order valence-corrected chi connectivity index (χ4v) is 1.34. The van der Waals surface area contributed by atoms with Crippen LogP contribution in [0.5, 0.6) is 0 Å². The summed E-state index contributed by atoms with van der Waals surface area (Å²) < 4.78 is 25.6. The zero-order chi connectivity index (χ0) is 12.3. The van der Waals surface area contributed by atoms with Crippen molar-refractivity contribution in [3.05, 3.63) is 35.4 Å². The maximum atomic E-state index is 12.9. The number of nitrogens with two attached hydrogens (primary N) is 1. The first kappa shape index (κ1) is 12.6. The van der Waals surface area contributed by atoms with Crippen molar-refractivity contribution < 1.29 is 13.6 Å². The number of nitrogens with one attached hydrogen (secondary N) is 1. The number of amides is 1. The Balaban J connectivity index is 2.76. The summed E-state index contributed by atoms with van der Waals surface area (Å²) in [6.45, 7) is 3.35. The van der Waals surface area contributed by atoms with Crippen molar-refractivity contribution in [2.75, 3.05) is 0 Å². The summed E-state index contributed by atoms with van der Waals surface area (Å²) in [6, 6.07) is 2.81. The second kappa shape index (κ2) is 5.03. The topological polar surface area (TPSA) is 55.1 Å². The van der Waals surface area contributed by atoms with E-state index in [1.165, 1.54) is 6.07 Å². The number of hydrogen-bond acceptors (Lipinski definition) is 2. The molecule has 0 fully saturated rings. The second-order valence-corrected chi connectivity index (χ2v) is 3.69. The second-order valence-electron chi connectivity index (χ2n) is 3.69. The van der Waals surface area contributed by atoms with Crippen molar-refractivity contribution in [2.45, 2.75) is 25.9 Å². The molecule has 1 aromatic rings. The molecular formula is C11H14F2N2O. The SMILES string of the molecule is C[C@@H](N[C@H](C)c1ccc(F)c(F)c1)C(N)=O. The van der Waals surface area contributed by atoms with Gasteiger partial charge in [0.25, 0.3) is 0 Å². The molecule has 1 rings (SSSR count). The minimum atomic E-state index is -0.905. The molecule has 2 atom stereocenters. The minimum Gasteiger partial charge on any atom is -0.368 e. The van der Waals surface area contributed by atoms with Crippen LogP contribution in [0.4, 0.5) is 8.78 Å². The van der Waals surface area contributed by atoms with Crippen LogP contribution in [0, 0.1) is 11.6 Å². The lowest BCUT2D eigenvalue weighted by Gasteiger charge is -2.18. The molecular weight excluding hydrogens is 214 g/mol. The molecule has 0 aliphatic heterocycles. The van der Waals surface area contributed by atoms with Gasteiger partial charge >= 0.3 is 0 Å². The van der Waals surface area contributed by atoms with E-state index in [9.17, 15) is 13.6 Å². The van der Waals surface area contributed by atoms with Gasteiger partial charge < -0.3 is 5.73 Å². The molecule has 0 heterocycles. The van der Waals surface area contributed by atoms with Crippen molar-refractivity contribution >= 4 is 5.91 Å². The minimum absolute atomic E-state index is 0.280. The van der Waals surface area contributed by atoms with Crippen LogP contribution in [0.25, 0.3) is 0 Å². The van der Waals surface area contributed by atoms with Crippen LogP contribution in [0.1, 0.15) is 25.5 Å². The highest BCUT2D eigenvalue weighted by atomic mass is 19.2. The summed E-state index contributed by atoms with van der Waals surface area (Å²) in [5, 5.41) is 2.88. The molecule has 0 unspecified atom stereocenters. The Labute approximate surface area is 92.6 Å². The summed E-state index contributed by atoms with van der Waals surface area (Å²) in [6.07, 6.45) is 0. The van der Waals surface area contributed by atoms with Gasteiger partial charge in [0, 0.05) is 6.04 Å². The van der Waals surface area contributed by atoms with Gasteiger partial charge in [-0.05, 0) is 31.5 Å². The monoisotopic (exact) mass is 228 g/mol. The zero-order valence-electron chi connectivity index (χ0n) is 9.13. The standard InChI is InChI=1S/C11H14F2N2O/c1-6(15-7(2)11(14)16)8-3-4-9(12)10(13)5-8/h3-7,15H,1-2H3,(H2,14,16)/t6-,7-/m1/s1. The first-order valence-electron chi connectivity index (χ1n) is 4.92. The number of carbonyl (C=O) groups excluding carboxylic acids is 1. The molecule has 3 N–H and O–H groups in total. The smallest absolute Gasteiger partial charge is 0.234 e. The van der Waals surface area contributed by atoms with E-state index in [0.717, 1.165) is 12.1 Å². The van der Waals surface area contributed by atoms with E-state index in [1.807, 2.05) is 0 Å². The molecule has 16 heavy (non-hydrogen) atoms. The first-order chi connectivity index (χ1) is 7.41. The van der Waals surface area contributed by atoms with E-state index in [0.29, 0.717) is 5.56 Å². The molecule has 0 radical (unpaired) electrons. The Morgan fingerprint density at radius 2 is 1.94 bits per heavy atom. The third-order valence-corrected chi connectivity index (χ3v) is 2.37. The average Bonchev–Trinajstić information content (AvgIpc) is 2.21. The molecule has 1 aromatic carbocycles. The van der Waals surface area contributed by atoms with Crippen LogP contribution < -0.4 is 11.1 Å². The van der Waals surface area contributed by atoms with Crippen LogP contribution in [0.3, 0.4) is 0 Å². The van der Waals surface area contributed by atoms with Gasteiger partial charge in [-0.1, -0.05) is 6.07 Å². The Morgan fingerprint density at radius 3 is 2.44 bits per heavy atom. The fourth-order valence-electron chi connectivity index (χ4n) is 1.34. The lowest BCUT2D eigenvalue weighted by molar-refractivity contribution is -0.119. The quantitative estimate of drug-likeness (QED) is 0.820. The van der Waals surface area contributed by atoms with E-state index in [2.05, 4.69) is 5.32 Å². The van der Waals surface area contributed by atoms with Crippen molar-refractivity contribution in [3.63, 3.8) is 0 Å². The highest BCUT2D eigenvalue weighted by Crippen LogP contribution is 2.16. The largest absolute Gasteiger partial charge is 0.368 e. The first-order valence-corrected chi connectivity index (χ1v) is 4.92. The lowest BCUT2D eigenvalue weighted by Crippen LogP contribution is -2.40. The number of rotatable bonds is 4. The number of halogens is 2. The molecule has 3 nitrogen and oxygen atoms in total. The third kappa shape index (κ3) is 3.00. The van der Waals surface area contributed by atoms with Crippen LogP contribution in [0.2, 0.25) is 0 Å². The van der Waals surface area contributed by atoms with Crippen molar-refractivity contribution in [2.24, 2.45) is 5.73 Å². The van der Waals surface area contributed by atoms with Gasteiger partial charge in [-0.15, -0.1) is 0 Å². The molecule has 5 heteroatoms. The molecule has 1 amide bonds. The van der Waals surface area contributed by atoms with Gasteiger partial charge in [0.05, 0.1) is 6.04 Å². The predicted molar refractivity (Wildman–Crippen MR) is 56.6 cm³/mol. The van der Waals surface area contributed by atoms with Gasteiger partial charge in [-0.25, -0.2) is 8.78 Å². The molecule has 88 valence electrons. The average molecular weight is 228 g/mol. The Hall–Kier alpha value is -1.49. The maximum Gasteiger partial charge on any atom is 0.234 e. The summed E-state index contributed by atoms with van der Waals surface area (Å²) in [7, 11) is 0. The van der Waals surface area contributed by atoms with E-state index >= 15 is 0 Å². The molecule has 0 aliphatic carbocycles. The van der Waals surface area contributed by atoms with E-state index in [4.69, 9.17) is 5.73 Å². The molecule has 0 saturated carbocycles. The number of hydrogen-bond donors (Lipinski definition) is 2. The normalized spacial score (nSPS) is 14.5. The van der Waals surface area contributed by atoms with Gasteiger partial charge in [0.1, 0.15) is 0 Å². The molecule has 0 aromatic heterocycles. The van der Waals surface area contributed by atoms with Gasteiger partial charge in [0.15, 0.2) is 11.6 Å². The molecule has 0 aliphatic rings. The van der Waals surface area contributed by atoms with Crippen molar-refractivity contribution in [3.8, 4) is 0 Å². The van der Waals surface area contributed by atoms with Gasteiger partial charge in [-0.2, -0.15) is 0 Å². The highest BCUT2D eigenvalue weighted by molar-refractivity contribution is 5.79. The predicted octanol–water partition coefficient (Wildman–Crippen LogP) is 1.49. The Morgan fingerprint density at radius 1 is 1.31 bits per heavy atom.